The van der Waals surface area contributed by atoms with Crippen LogP contribution in [0.3, 0.4) is 0 Å². The van der Waals surface area contributed by atoms with Gasteiger partial charge >= 0.3 is 87.9 Å². The molecule has 0 fully saturated rings. The first-order chi connectivity index (χ1) is 0. The van der Waals surface area contributed by atoms with E-state index in [1.165, 1.54) is 0 Å². The predicted octanol–water partition coefficient (Wildman–Crippen LogP) is -18.0. The van der Waals surface area contributed by atoms with Crippen LogP contribution in [0.2, 0.25) is 0 Å². The quantitative estimate of drug-likeness (QED) is 0.385. The Morgan fingerprint density at radius 3 is 0.500 bits per heavy atom. The Labute approximate surface area is 147 Å². The maximum absolute atomic E-state index is 0. The number of halogens is 5. The summed E-state index contributed by atoms with van der Waals surface area (Å²) >= 11 is 0. The van der Waals surface area contributed by atoms with Crippen LogP contribution in [0.15, 0.2) is 0 Å². The van der Waals surface area contributed by atoms with Gasteiger partial charge in [-0.05, 0) is 0 Å². The molecule has 0 aromatic carbocycles. The molecule has 0 aliphatic rings. The number of hydrogen-bond acceptors (Lipinski definition) is 0. The van der Waals surface area contributed by atoms with E-state index < -0.39 is 0 Å². The van der Waals surface area contributed by atoms with Crippen LogP contribution in [-0.4, -0.2) is 0 Å². The smallest absolute Gasteiger partial charge is 1.00 e. The van der Waals surface area contributed by atoms with E-state index in [0.717, 1.165) is 0 Å². The van der Waals surface area contributed by atoms with Gasteiger partial charge in [-0.15, -0.1) is 0 Å². The van der Waals surface area contributed by atoms with Crippen LogP contribution in [0.1, 0.15) is 0 Å². The van der Waals surface area contributed by atoms with Crippen LogP contribution in [0.5, 0.6) is 0 Å². The Kier molecular flexibility index (Phi) is 708. The van der Waals surface area contributed by atoms with Gasteiger partial charge in [-0.25, -0.2) is 0 Å². The molecule has 0 rings (SSSR count). The van der Waals surface area contributed by atoms with Crippen LogP contribution in [0.4, 0.5) is 0 Å². The van der Waals surface area contributed by atoms with Crippen LogP contribution in [0, 0.1) is 0 Å². The van der Waals surface area contributed by atoms with E-state index in [0.29, 0.717) is 0 Å². The molecular formula is Cl5FeKZn. The van der Waals surface area contributed by atoms with Crippen molar-refractivity contribution in [1.29, 1.82) is 0 Å². The minimum absolute atomic E-state index is 0. The summed E-state index contributed by atoms with van der Waals surface area (Å²) in [5, 5.41) is 0. The van der Waals surface area contributed by atoms with E-state index in [9.17, 15) is 0 Å². The zero-order valence-electron chi connectivity index (χ0n) is 3.95. The van der Waals surface area contributed by atoms with Gasteiger partial charge in [0, 0.05) is 0 Å². The second-order valence-electron chi connectivity index (χ2n) is 0. The van der Waals surface area contributed by atoms with Crippen molar-refractivity contribution >= 4 is 0 Å². The van der Waals surface area contributed by atoms with Crippen molar-refractivity contribution in [1.82, 2.24) is 0 Å². The first kappa shape index (κ1) is 86.2. The minimum atomic E-state index is 0. The van der Waals surface area contributed by atoms with Crippen molar-refractivity contribution < 1.29 is 150 Å². The third-order valence-electron chi connectivity index (χ3n) is 0. The van der Waals surface area contributed by atoms with Gasteiger partial charge < -0.3 is 62.0 Å². The SMILES string of the molecule is [Cl-].[Cl-].[Cl-].[Cl-].[Cl-].[Fe+2].[K+].[Zn+2]. The van der Waals surface area contributed by atoms with Gasteiger partial charge in [0.05, 0.1) is 0 Å². The van der Waals surface area contributed by atoms with E-state index in [1.54, 1.807) is 0 Å². The van der Waals surface area contributed by atoms with Crippen LogP contribution >= 0.6 is 0 Å². The molecule has 0 N–H and O–H groups in total. The summed E-state index contributed by atoms with van der Waals surface area (Å²) in [6, 6.07) is 0. The predicted molar refractivity (Wildman–Crippen MR) is 0 cm³/mol. The number of rotatable bonds is 0. The van der Waals surface area contributed by atoms with Gasteiger partial charge in [-0.1, -0.05) is 0 Å². The van der Waals surface area contributed by atoms with Gasteiger partial charge in [-0.3, -0.25) is 0 Å². The van der Waals surface area contributed by atoms with Gasteiger partial charge in [0.1, 0.15) is 0 Å². The van der Waals surface area contributed by atoms with Crippen LogP contribution < -0.4 is 113 Å². The van der Waals surface area contributed by atoms with Gasteiger partial charge in [0.2, 0.25) is 0 Å². The zero-order chi connectivity index (χ0) is 0. The third-order valence-corrected chi connectivity index (χ3v) is 0. The molecule has 0 bridgehead atoms. The summed E-state index contributed by atoms with van der Waals surface area (Å²) in [5.41, 5.74) is 0. The molecule has 0 aliphatic carbocycles. The fourth-order valence-electron chi connectivity index (χ4n) is 0. The van der Waals surface area contributed by atoms with Gasteiger partial charge in [-0.2, -0.15) is 0 Å². The van der Waals surface area contributed by atoms with Crippen LogP contribution in [-0.2, 0) is 36.5 Å². The summed E-state index contributed by atoms with van der Waals surface area (Å²) in [4.78, 5) is 0. The van der Waals surface area contributed by atoms with E-state index >= 15 is 0 Å². The van der Waals surface area contributed by atoms with Crippen molar-refractivity contribution in [2.24, 2.45) is 0 Å². The van der Waals surface area contributed by atoms with Crippen molar-refractivity contribution in [2.75, 3.05) is 0 Å². The molecule has 0 atom stereocenters. The molecule has 0 aromatic rings. The molecule has 0 aliphatic heterocycles. The molecule has 0 saturated carbocycles. The third kappa shape index (κ3) is 48.7. The molecule has 0 radical (unpaired) electrons. The normalized spacial score (nSPS) is 0. The molecule has 0 unspecified atom stereocenters. The van der Waals surface area contributed by atoms with Gasteiger partial charge in [0.25, 0.3) is 0 Å². The van der Waals surface area contributed by atoms with E-state index in [1.807, 2.05) is 0 Å². The molecule has 46 valence electrons. The van der Waals surface area contributed by atoms with E-state index in [2.05, 4.69) is 0 Å². The molecule has 0 amide bonds. The average molecular weight is 338 g/mol. The maximum Gasteiger partial charge on any atom is 2.00 e. The molecule has 0 aromatic heterocycles. The maximum atomic E-state index is 0. The molecule has 8 heavy (non-hydrogen) atoms. The van der Waals surface area contributed by atoms with Crippen molar-refractivity contribution in [2.45, 2.75) is 0 Å². The van der Waals surface area contributed by atoms with Crippen LogP contribution in [0.25, 0.3) is 0 Å². The largest absolute Gasteiger partial charge is 2.00 e. The Hall–Kier alpha value is 4.23. The Morgan fingerprint density at radius 1 is 0.500 bits per heavy atom. The second kappa shape index (κ2) is 65.7. The summed E-state index contributed by atoms with van der Waals surface area (Å²) in [6.45, 7) is 0. The van der Waals surface area contributed by atoms with E-state index in [4.69, 9.17) is 0 Å². The van der Waals surface area contributed by atoms with Crippen molar-refractivity contribution in [3.05, 3.63) is 0 Å². The average Bonchev–Trinajstić information content (AvgIpc) is 0. The zero-order valence-corrected chi connectivity index (χ0v) is 14.9. The topological polar surface area (TPSA) is 0 Å². The van der Waals surface area contributed by atoms with Crippen molar-refractivity contribution in [3.8, 4) is 0 Å². The molecular weight excluding hydrogens is 338 g/mol. The molecule has 0 spiro atoms. The summed E-state index contributed by atoms with van der Waals surface area (Å²) in [6.07, 6.45) is 0. The first-order valence-corrected chi connectivity index (χ1v) is 0. The monoisotopic (exact) mass is 334 g/mol. The summed E-state index contributed by atoms with van der Waals surface area (Å²) in [7, 11) is 0. The standard InChI is InChI=1S/5ClH.Fe.K.Zn/h5*1H;;;/q;;;;;+2;+1;+2/p-5. The second-order valence-corrected chi connectivity index (χ2v) is 0. The van der Waals surface area contributed by atoms with Crippen molar-refractivity contribution in [3.63, 3.8) is 0 Å². The van der Waals surface area contributed by atoms with Gasteiger partial charge in [0.15, 0.2) is 0 Å². The first-order valence-electron chi connectivity index (χ1n) is 0. The fraction of sp³-hybridized carbons (Fsp3) is 0. The fourth-order valence-corrected chi connectivity index (χ4v) is 0. The summed E-state index contributed by atoms with van der Waals surface area (Å²) < 4.78 is 0. The minimum Gasteiger partial charge on any atom is -1.00 e. The summed E-state index contributed by atoms with van der Waals surface area (Å²) in [5.74, 6) is 0. The number of hydrogen-bond donors (Lipinski definition) is 0. The molecule has 0 heterocycles. The molecule has 0 saturated heterocycles. The Balaban J connectivity index is 0. The molecule has 8 heteroatoms. The Bertz CT molecular complexity index is 12.4. The molecule has 0 nitrogen and oxygen atoms in total. The Morgan fingerprint density at radius 2 is 0.500 bits per heavy atom. The van der Waals surface area contributed by atoms with E-state index in [-0.39, 0.29) is 150 Å².